The van der Waals surface area contributed by atoms with Gasteiger partial charge in [-0.2, -0.15) is 0 Å². The van der Waals surface area contributed by atoms with Crippen molar-refractivity contribution in [2.24, 2.45) is 0 Å². The van der Waals surface area contributed by atoms with Crippen LogP contribution < -0.4 is 4.74 Å². The van der Waals surface area contributed by atoms with E-state index in [4.69, 9.17) is 11.6 Å². The van der Waals surface area contributed by atoms with Gasteiger partial charge in [0.2, 0.25) is 0 Å². The second-order valence-electron chi connectivity index (χ2n) is 4.47. The van der Waals surface area contributed by atoms with E-state index >= 15 is 0 Å². The molecule has 0 saturated heterocycles. The van der Waals surface area contributed by atoms with Crippen molar-refractivity contribution in [1.29, 1.82) is 0 Å². The van der Waals surface area contributed by atoms with Gasteiger partial charge in [-0.05, 0) is 29.2 Å². The lowest BCUT2D eigenvalue weighted by Gasteiger charge is -2.20. The fraction of sp³-hybridized carbons (Fsp3) is 0.455. The highest BCUT2D eigenvalue weighted by atomic mass is 35.5. The van der Waals surface area contributed by atoms with Crippen molar-refractivity contribution in [3.63, 3.8) is 0 Å². The Hall–Kier alpha value is -0.900. The van der Waals surface area contributed by atoms with Crippen molar-refractivity contribution >= 4 is 11.6 Å². The van der Waals surface area contributed by atoms with E-state index in [2.05, 4.69) is 4.74 Å². The van der Waals surface area contributed by atoms with E-state index in [0.717, 1.165) is 6.07 Å². The minimum Gasteiger partial charge on any atom is -0.406 e. The lowest BCUT2D eigenvalue weighted by molar-refractivity contribution is -0.274. The molecule has 0 saturated carbocycles. The van der Waals surface area contributed by atoms with Crippen LogP contribution in [0.25, 0.3) is 0 Å². The van der Waals surface area contributed by atoms with Crippen LogP contribution in [0, 0.1) is 0 Å². The Morgan fingerprint density at radius 3 is 2.06 bits per heavy atom. The zero-order valence-corrected chi connectivity index (χ0v) is 9.91. The van der Waals surface area contributed by atoms with Gasteiger partial charge in [0.15, 0.2) is 0 Å². The highest BCUT2D eigenvalue weighted by Gasteiger charge is 2.31. The van der Waals surface area contributed by atoms with Crippen molar-refractivity contribution in [2.75, 3.05) is 0 Å². The monoisotopic (exact) mass is 252 g/mol. The van der Waals surface area contributed by atoms with E-state index in [9.17, 15) is 13.2 Å². The number of benzene rings is 1. The zero-order chi connectivity index (χ0) is 12.6. The van der Waals surface area contributed by atoms with Crippen LogP contribution in [0.15, 0.2) is 18.2 Å². The first kappa shape index (κ1) is 13.2. The molecule has 0 aromatic heterocycles. The Balaban J connectivity index is 3.09. The summed E-state index contributed by atoms with van der Waals surface area (Å²) in [6, 6.07) is 4.12. The largest absolute Gasteiger partial charge is 0.573 e. The number of hydrogen-bond donors (Lipinski definition) is 0. The molecule has 0 aliphatic rings. The average molecular weight is 253 g/mol. The summed E-state index contributed by atoms with van der Waals surface area (Å²) in [6.07, 6.45) is -4.69. The van der Waals surface area contributed by atoms with Crippen LogP contribution in [-0.2, 0) is 5.41 Å². The molecule has 16 heavy (non-hydrogen) atoms. The minimum atomic E-state index is -4.69. The Labute approximate surface area is 97.2 Å². The molecule has 0 fully saturated rings. The van der Waals surface area contributed by atoms with Crippen molar-refractivity contribution in [1.82, 2.24) is 0 Å². The first-order valence-electron chi connectivity index (χ1n) is 4.65. The molecule has 0 N–H and O–H groups in total. The molecule has 0 aliphatic carbocycles. The zero-order valence-electron chi connectivity index (χ0n) is 9.15. The summed E-state index contributed by atoms with van der Waals surface area (Å²) in [7, 11) is 0. The third kappa shape index (κ3) is 3.93. The van der Waals surface area contributed by atoms with Crippen LogP contribution in [-0.4, -0.2) is 6.36 Å². The Morgan fingerprint density at radius 1 is 1.06 bits per heavy atom. The molecule has 1 aromatic rings. The minimum absolute atomic E-state index is 0.228. The Kier molecular flexibility index (Phi) is 3.43. The second kappa shape index (κ2) is 4.17. The number of rotatable bonds is 1. The van der Waals surface area contributed by atoms with Crippen LogP contribution >= 0.6 is 11.6 Å². The molecule has 1 rings (SSSR count). The number of hydrogen-bond acceptors (Lipinski definition) is 1. The Morgan fingerprint density at radius 2 is 1.62 bits per heavy atom. The smallest absolute Gasteiger partial charge is 0.406 e. The van der Waals surface area contributed by atoms with E-state index < -0.39 is 6.36 Å². The van der Waals surface area contributed by atoms with Crippen LogP contribution in [0.5, 0.6) is 5.75 Å². The quantitative estimate of drug-likeness (QED) is 0.713. The topological polar surface area (TPSA) is 9.23 Å². The third-order valence-corrected chi connectivity index (χ3v) is 2.19. The first-order valence-corrected chi connectivity index (χ1v) is 5.02. The standard InChI is InChI=1S/C11H12ClF3O/c1-10(2,3)7-4-8(12)6-9(5-7)16-11(13,14)15/h4-6H,1-3H3. The van der Waals surface area contributed by atoms with E-state index in [1.54, 1.807) is 6.07 Å². The van der Waals surface area contributed by atoms with Crippen LogP contribution in [0.3, 0.4) is 0 Å². The van der Waals surface area contributed by atoms with Gasteiger partial charge in [0.1, 0.15) is 5.75 Å². The van der Waals surface area contributed by atoms with Gasteiger partial charge in [-0.3, -0.25) is 0 Å². The van der Waals surface area contributed by atoms with Crippen molar-refractivity contribution in [3.05, 3.63) is 28.8 Å². The van der Waals surface area contributed by atoms with Crippen molar-refractivity contribution < 1.29 is 17.9 Å². The Bertz CT molecular complexity index is 380. The summed E-state index contributed by atoms with van der Waals surface area (Å²) >= 11 is 5.74. The van der Waals surface area contributed by atoms with E-state index in [0.29, 0.717) is 5.56 Å². The van der Waals surface area contributed by atoms with Gasteiger partial charge in [-0.1, -0.05) is 32.4 Å². The van der Waals surface area contributed by atoms with E-state index in [1.807, 2.05) is 20.8 Å². The van der Waals surface area contributed by atoms with E-state index in [-0.39, 0.29) is 16.2 Å². The number of alkyl halides is 3. The highest BCUT2D eigenvalue weighted by Crippen LogP contribution is 2.32. The maximum absolute atomic E-state index is 12.0. The first-order chi connectivity index (χ1) is 7.08. The molecule has 0 bridgehead atoms. The normalized spacial score (nSPS) is 12.7. The van der Waals surface area contributed by atoms with Crippen LogP contribution in [0.4, 0.5) is 13.2 Å². The van der Waals surface area contributed by atoms with Crippen molar-refractivity contribution in [3.8, 4) is 5.75 Å². The summed E-state index contributed by atoms with van der Waals surface area (Å²) in [6.45, 7) is 5.65. The molecule has 0 radical (unpaired) electrons. The molecule has 0 atom stereocenters. The van der Waals surface area contributed by atoms with Crippen LogP contribution in [0.2, 0.25) is 5.02 Å². The van der Waals surface area contributed by atoms with Gasteiger partial charge in [-0.25, -0.2) is 0 Å². The molecule has 0 amide bonds. The predicted octanol–water partition coefficient (Wildman–Crippen LogP) is 4.54. The fourth-order valence-corrected chi connectivity index (χ4v) is 1.41. The molecule has 90 valence electrons. The summed E-state index contributed by atoms with van der Waals surface area (Å²) in [5.41, 5.74) is 0.411. The molecule has 1 nitrogen and oxygen atoms in total. The van der Waals surface area contributed by atoms with Gasteiger partial charge in [0.05, 0.1) is 0 Å². The molecule has 1 aromatic carbocycles. The molecule has 0 unspecified atom stereocenters. The summed E-state index contributed by atoms with van der Waals surface area (Å²) in [5.74, 6) is -0.287. The highest BCUT2D eigenvalue weighted by molar-refractivity contribution is 6.30. The second-order valence-corrected chi connectivity index (χ2v) is 4.91. The van der Waals surface area contributed by atoms with Gasteiger partial charge >= 0.3 is 6.36 Å². The molecule has 0 aliphatic heterocycles. The van der Waals surface area contributed by atoms with Gasteiger partial charge in [-0.15, -0.1) is 13.2 Å². The molecule has 0 spiro atoms. The summed E-state index contributed by atoms with van der Waals surface area (Å²) in [4.78, 5) is 0. The predicted molar refractivity (Wildman–Crippen MR) is 56.8 cm³/mol. The van der Waals surface area contributed by atoms with E-state index in [1.165, 1.54) is 6.07 Å². The fourth-order valence-electron chi connectivity index (χ4n) is 1.19. The maximum Gasteiger partial charge on any atom is 0.573 e. The average Bonchev–Trinajstić information content (AvgIpc) is 1.97. The number of ether oxygens (including phenoxy) is 1. The van der Waals surface area contributed by atoms with Gasteiger partial charge in [0.25, 0.3) is 0 Å². The molecule has 5 heteroatoms. The molecule has 0 heterocycles. The molecular weight excluding hydrogens is 241 g/mol. The number of halogens is 4. The molecular formula is C11H12ClF3O. The summed E-state index contributed by atoms with van der Waals surface area (Å²) in [5, 5.41) is 0.228. The lowest BCUT2D eigenvalue weighted by Crippen LogP contribution is -2.18. The third-order valence-electron chi connectivity index (χ3n) is 1.97. The summed E-state index contributed by atoms with van der Waals surface area (Å²) < 4.78 is 39.9. The van der Waals surface area contributed by atoms with Crippen molar-refractivity contribution in [2.45, 2.75) is 32.5 Å². The lowest BCUT2D eigenvalue weighted by atomic mass is 9.87. The SMILES string of the molecule is CC(C)(C)c1cc(Cl)cc(OC(F)(F)F)c1. The van der Waals surface area contributed by atoms with Gasteiger partial charge < -0.3 is 4.74 Å². The van der Waals surface area contributed by atoms with Gasteiger partial charge in [0, 0.05) is 5.02 Å². The maximum atomic E-state index is 12.0. The van der Waals surface area contributed by atoms with Crippen LogP contribution in [0.1, 0.15) is 26.3 Å².